The predicted molar refractivity (Wildman–Crippen MR) is 75.6 cm³/mol. The molecule has 1 aliphatic heterocycles. The van der Waals surface area contributed by atoms with E-state index in [0.29, 0.717) is 25.5 Å². The summed E-state index contributed by atoms with van der Waals surface area (Å²) < 4.78 is 5.77. The first-order chi connectivity index (χ1) is 9.69. The summed E-state index contributed by atoms with van der Waals surface area (Å²) in [5.74, 6) is 0.546. The van der Waals surface area contributed by atoms with Gasteiger partial charge in [0.25, 0.3) is 0 Å². The molecule has 0 aromatic carbocycles. The molecule has 1 aromatic rings. The molecule has 0 aliphatic carbocycles. The van der Waals surface area contributed by atoms with Gasteiger partial charge in [0.1, 0.15) is 6.10 Å². The van der Waals surface area contributed by atoms with Gasteiger partial charge in [0.05, 0.1) is 5.69 Å². The third-order valence-electron chi connectivity index (χ3n) is 3.19. The van der Waals surface area contributed by atoms with Crippen molar-refractivity contribution in [3.8, 4) is 5.88 Å². The zero-order valence-electron chi connectivity index (χ0n) is 11.7. The zero-order valence-corrected chi connectivity index (χ0v) is 11.7. The second kappa shape index (κ2) is 6.88. The molecule has 0 radical (unpaired) electrons. The minimum absolute atomic E-state index is 0.0431. The van der Waals surface area contributed by atoms with E-state index in [1.165, 1.54) is 0 Å². The van der Waals surface area contributed by atoms with Gasteiger partial charge in [0, 0.05) is 38.5 Å². The molecule has 1 saturated heterocycles. The van der Waals surface area contributed by atoms with E-state index in [9.17, 15) is 4.79 Å². The van der Waals surface area contributed by atoms with Crippen LogP contribution in [-0.2, 0) is 0 Å². The summed E-state index contributed by atoms with van der Waals surface area (Å²) in [5, 5.41) is 10.7. The van der Waals surface area contributed by atoms with Crippen LogP contribution in [0.2, 0.25) is 0 Å². The van der Waals surface area contributed by atoms with Crippen LogP contribution < -0.4 is 10.1 Å². The minimum Gasteiger partial charge on any atom is -0.473 e. The van der Waals surface area contributed by atoms with Crippen LogP contribution >= 0.6 is 0 Å². The molecule has 0 spiro atoms. The highest BCUT2D eigenvalue weighted by Crippen LogP contribution is 2.16. The molecule has 1 fully saturated rings. The van der Waals surface area contributed by atoms with Gasteiger partial charge < -0.3 is 15.0 Å². The minimum atomic E-state index is -0.0431. The highest BCUT2D eigenvalue weighted by molar-refractivity contribution is 5.74. The number of likely N-dealkylation sites (tertiary alicyclic amines) is 1. The number of carbonyl (C=O) groups excluding carboxylic acids is 1. The van der Waals surface area contributed by atoms with Crippen molar-refractivity contribution in [3.63, 3.8) is 0 Å². The number of aromatic nitrogens is 2. The molecule has 2 amide bonds. The summed E-state index contributed by atoms with van der Waals surface area (Å²) in [4.78, 5) is 13.6. The van der Waals surface area contributed by atoms with Crippen molar-refractivity contribution in [2.75, 3.05) is 19.6 Å². The average Bonchev–Trinajstić information content (AvgIpc) is 2.48. The highest BCUT2D eigenvalue weighted by Gasteiger charge is 2.23. The van der Waals surface area contributed by atoms with E-state index >= 15 is 0 Å². The Kier molecular flexibility index (Phi) is 4.92. The maximum Gasteiger partial charge on any atom is 0.317 e. The Hall–Kier alpha value is -2.11. The number of ether oxygens (including phenoxy) is 1. The van der Waals surface area contributed by atoms with Crippen LogP contribution in [0.4, 0.5) is 4.79 Å². The lowest BCUT2D eigenvalue weighted by Crippen LogP contribution is -2.46. The van der Waals surface area contributed by atoms with E-state index in [2.05, 4.69) is 22.1 Å². The Morgan fingerprint density at radius 1 is 1.50 bits per heavy atom. The molecule has 2 rings (SSSR count). The Morgan fingerprint density at radius 2 is 2.25 bits per heavy atom. The van der Waals surface area contributed by atoms with E-state index in [1.807, 2.05) is 19.1 Å². The normalized spacial score (nSPS) is 15.8. The molecule has 0 bridgehead atoms. The molecule has 1 N–H and O–H groups in total. The first-order valence-electron chi connectivity index (χ1n) is 6.79. The Morgan fingerprint density at radius 3 is 2.85 bits per heavy atom. The van der Waals surface area contributed by atoms with Crippen molar-refractivity contribution < 1.29 is 9.53 Å². The van der Waals surface area contributed by atoms with Crippen molar-refractivity contribution in [1.82, 2.24) is 20.4 Å². The van der Waals surface area contributed by atoms with E-state index < -0.39 is 0 Å². The molecule has 108 valence electrons. The predicted octanol–water partition coefficient (Wildman–Crippen LogP) is 1.52. The molecule has 2 heterocycles. The molecular weight excluding hydrogens is 256 g/mol. The zero-order chi connectivity index (χ0) is 14.4. The number of hydrogen-bond acceptors (Lipinski definition) is 4. The van der Waals surface area contributed by atoms with Crippen LogP contribution in [0.5, 0.6) is 5.88 Å². The van der Waals surface area contributed by atoms with Crippen LogP contribution in [0, 0.1) is 6.92 Å². The van der Waals surface area contributed by atoms with Gasteiger partial charge in [-0.1, -0.05) is 6.08 Å². The molecule has 0 atom stereocenters. The van der Waals surface area contributed by atoms with Gasteiger partial charge in [0.15, 0.2) is 0 Å². The van der Waals surface area contributed by atoms with Gasteiger partial charge in [0.2, 0.25) is 5.88 Å². The number of hydrogen-bond donors (Lipinski definition) is 1. The first kappa shape index (κ1) is 14.3. The Labute approximate surface area is 118 Å². The SMILES string of the molecule is C=CCNC(=O)N1CCC(Oc2ccc(C)nn2)CC1. The summed E-state index contributed by atoms with van der Waals surface area (Å²) in [6.45, 7) is 7.33. The molecule has 0 saturated carbocycles. The monoisotopic (exact) mass is 276 g/mol. The highest BCUT2D eigenvalue weighted by atomic mass is 16.5. The largest absolute Gasteiger partial charge is 0.473 e. The molecule has 0 unspecified atom stereocenters. The van der Waals surface area contributed by atoms with E-state index in [0.717, 1.165) is 18.5 Å². The molecular formula is C14H20N4O2. The fraction of sp³-hybridized carbons (Fsp3) is 0.500. The van der Waals surface area contributed by atoms with Crippen LogP contribution in [0.1, 0.15) is 18.5 Å². The number of aryl methyl sites for hydroxylation is 1. The van der Waals surface area contributed by atoms with Crippen LogP contribution in [0.25, 0.3) is 0 Å². The van der Waals surface area contributed by atoms with Crippen LogP contribution in [0.15, 0.2) is 24.8 Å². The van der Waals surface area contributed by atoms with Crippen molar-refractivity contribution in [2.24, 2.45) is 0 Å². The smallest absolute Gasteiger partial charge is 0.317 e. The number of piperidine rings is 1. The third kappa shape index (κ3) is 3.94. The fourth-order valence-corrected chi connectivity index (χ4v) is 2.07. The van der Waals surface area contributed by atoms with Crippen molar-refractivity contribution in [1.29, 1.82) is 0 Å². The lowest BCUT2D eigenvalue weighted by Gasteiger charge is -2.31. The molecule has 6 nitrogen and oxygen atoms in total. The van der Waals surface area contributed by atoms with E-state index in [-0.39, 0.29) is 12.1 Å². The van der Waals surface area contributed by atoms with Gasteiger partial charge in [-0.3, -0.25) is 0 Å². The lowest BCUT2D eigenvalue weighted by molar-refractivity contribution is 0.107. The van der Waals surface area contributed by atoms with Crippen molar-refractivity contribution >= 4 is 6.03 Å². The third-order valence-corrected chi connectivity index (χ3v) is 3.19. The van der Waals surface area contributed by atoms with Gasteiger partial charge in [-0.25, -0.2) is 4.79 Å². The number of nitrogens with zero attached hydrogens (tertiary/aromatic N) is 3. The summed E-state index contributed by atoms with van der Waals surface area (Å²) in [6.07, 6.45) is 3.37. The number of nitrogens with one attached hydrogen (secondary N) is 1. The molecule has 1 aromatic heterocycles. The summed E-state index contributed by atoms with van der Waals surface area (Å²) in [6, 6.07) is 3.66. The van der Waals surface area contributed by atoms with Crippen molar-refractivity contribution in [2.45, 2.75) is 25.9 Å². The van der Waals surface area contributed by atoms with Crippen LogP contribution in [-0.4, -0.2) is 46.9 Å². The van der Waals surface area contributed by atoms with Crippen molar-refractivity contribution in [3.05, 3.63) is 30.5 Å². The van der Waals surface area contributed by atoms with Crippen LogP contribution in [0.3, 0.4) is 0 Å². The first-order valence-corrected chi connectivity index (χ1v) is 6.79. The number of urea groups is 1. The second-order valence-corrected chi connectivity index (χ2v) is 4.79. The second-order valence-electron chi connectivity index (χ2n) is 4.79. The van der Waals surface area contributed by atoms with Gasteiger partial charge in [-0.15, -0.1) is 11.7 Å². The molecule has 20 heavy (non-hydrogen) atoms. The summed E-state index contributed by atoms with van der Waals surface area (Å²) >= 11 is 0. The maximum absolute atomic E-state index is 11.8. The van der Waals surface area contributed by atoms with Gasteiger partial charge in [-0.05, 0) is 13.0 Å². The van der Waals surface area contributed by atoms with E-state index in [1.54, 1.807) is 11.0 Å². The summed E-state index contributed by atoms with van der Waals surface area (Å²) in [7, 11) is 0. The summed E-state index contributed by atoms with van der Waals surface area (Å²) in [5.41, 5.74) is 0.867. The molecule has 6 heteroatoms. The number of carbonyl (C=O) groups is 1. The molecule has 1 aliphatic rings. The van der Waals surface area contributed by atoms with Gasteiger partial charge in [-0.2, -0.15) is 5.10 Å². The number of rotatable bonds is 4. The Bertz CT molecular complexity index is 453. The topological polar surface area (TPSA) is 67.4 Å². The maximum atomic E-state index is 11.8. The lowest BCUT2D eigenvalue weighted by atomic mass is 10.1. The number of amides is 2. The Balaban J connectivity index is 1.78. The quantitative estimate of drug-likeness (QED) is 0.847. The average molecular weight is 276 g/mol. The fourth-order valence-electron chi connectivity index (χ4n) is 2.07. The van der Waals surface area contributed by atoms with Gasteiger partial charge >= 0.3 is 6.03 Å². The van der Waals surface area contributed by atoms with E-state index in [4.69, 9.17) is 4.74 Å². The standard InChI is InChI=1S/C14H20N4O2/c1-3-8-15-14(19)18-9-6-12(7-10-18)20-13-5-4-11(2)16-17-13/h3-5,12H,1,6-10H2,2H3,(H,15,19).